The molecule has 4 rings (SSSR count). The molecule has 5 unspecified atom stereocenters. The Morgan fingerprint density at radius 1 is 0.912 bits per heavy atom. The van der Waals surface area contributed by atoms with Crippen LogP contribution in [0, 0.1) is 52.3 Å². The van der Waals surface area contributed by atoms with E-state index in [-0.39, 0.29) is 40.9 Å². The molecular formula is C27H48NaO5S+. The first kappa shape index (κ1) is 29.4. The number of aliphatic hydroxyl groups excluding tert-OH is 1. The first-order chi connectivity index (χ1) is 15.3. The molecule has 7 heteroatoms. The minimum absolute atomic E-state index is 0. The zero-order valence-corrected chi connectivity index (χ0v) is 25.3. The summed E-state index contributed by atoms with van der Waals surface area (Å²) in [5.41, 5.74) is 0.427. The Morgan fingerprint density at radius 2 is 1.56 bits per heavy atom. The Labute approximate surface area is 230 Å². The van der Waals surface area contributed by atoms with Crippen molar-refractivity contribution in [2.75, 3.05) is 0 Å². The van der Waals surface area contributed by atoms with E-state index in [0.29, 0.717) is 36.0 Å². The monoisotopic (exact) mass is 507 g/mol. The van der Waals surface area contributed by atoms with Crippen LogP contribution in [-0.4, -0.2) is 30.3 Å². The predicted molar refractivity (Wildman–Crippen MR) is 131 cm³/mol. The number of fused-ring (bicyclic) bond motifs is 5. The molecular weight excluding hydrogens is 459 g/mol. The van der Waals surface area contributed by atoms with Gasteiger partial charge in [0.05, 0.1) is 12.2 Å². The minimum atomic E-state index is -4.45. The SMILES string of the molecule is CC(C)CCC[C@@H](C)C1CCC2[C@@H]3CC(O)C4C[C@@H](OS(=O)(=O)O)CC[C@]4(C)C3CC[C@@]21C.[Na+]. The summed E-state index contributed by atoms with van der Waals surface area (Å²) in [7, 11) is -4.45. The van der Waals surface area contributed by atoms with Crippen LogP contribution < -0.4 is 29.6 Å². The Morgan fingerprint density at radius 3 is 2.21 bits per heavy atom. The van der Waals surface area contributed by atoms with E-state index < -0.39 is 22.6 Å². The molecule has 2 N–H and O–H groups in total. The average molecular weight is 508 g/mol. The van der Waals surface area contributed by atoms with Crippen LogP contribution in [0.3, 0.4) is 0 Å². The van der Waals surface area contributed by atoms with Gasteiger partial charge in [-0.15, -0.1) is 0 Å². The van der Waals surface area contributed by atoms with Crippen molar-refractivity contribution in [1.29, 1.82) is 0 Å². The molecule has 0 spiro atoms. The summed E-state index contributed by atoms with van der Waals surface area (Å²) in [5, 5.41) is 11.3. The first-order valence-corrected chi connectivity index (χ1v) is 15.1. The van der Waals surface area contributed by atoms with Crippen LogP contribution in [0.5, 0.6) is 0 Å². The van der Waals surface area contributed by atoms with Gasteiger partial charge in [0.15, 0.2) is 0 Å². The Bertz CT molecular complexity index is 803. The van der Waals surface area contributed by atoms with Gasteiger partial charge in [0.1, 0.15) is 0 Å². The normalized spacial score (nSPS) is 45.1. The van der Waals surface area contributed by atoms with Crippen LogP contribution in [0.4, 0.5) is 0 Å². The Balaban J connectivity index is 0.00000324. The second-order valence-electron chi connectivity index (χ2n) is 13.2. The maximum Gasteiger partial charge on any atom is 1.00 e. The van der Waals surface area contributed by atoms with Crippen molar-refractivity contribution in [2.45, 2.75) is 117 Å². The van der Waals surface area contributed by atoms with Gasteiger partial charge < -0.3 is 5.11 Å². The number of aliphatic hydroxyl groups is 1. The average Bonchev–Trinajstić information content (AvgIpc) is 3.05. The summed E-state index contributed by atoms with van der Waals surface area (Å²) in [6.07, 6.45) is 11.1. The molecule has 5 nitrogen and oxygen atoms in total. The van der Waals surface area contributed by atoms with E-state index in [1.807, 2.05) is 0 Å². The van der Waals surface area contributed by atoms with E-state index in [2.05, 4.69) is 34.6 Å². The molecule has 192 valence electrons. The fraction of sp³-hybridized carbons (Fsp3) is 1.00. The van der Waals surface area contributed by atoms with Gasteiger partial charge in [0.25, 0.3) is 0 Å². The summed E-state index contributed by atoms with van der Waals surface area (Å²) in [5.74, 6) is 4.30. The van der Waals surface area contributed by atoms with Gasteiger partial charge in [-0.3, -0.25) is 4.55 Å². The molecule has 0 aromatic carbocycles. The zero-order valence-electron chi connectivity index (χ0n) is 22.5. The molecule has 0 amide bonds. The molecule has 0 bridgehead atoms. The number of hydrogen-bond acceptors (Lipinski definition) is 4. The molecule has 0 aliphatic heterocycles. The van der Waals surface area contributed by atoms with Crippen LogP contribution in [0.1, 0.15) is 105 Å². The molecule has 34 heavy (non-hydrogen) atoms. The van der Waals surface area contributed by atoms with Gasteiger partial charge in [-0.05, 0) is 104 Å². The second kappa shape index (κ2) is 10.9. The molecule has 0 radical (unpaired) electrons. The van der Waals surface area contributed by atoms with E-state index in [4.69, 9.17) is 8.74 Å². The third kappa shape index (κ3) is 5.63. The van der Waals surface area contributed by atoms with E-state index >= 15 is 0 Å². The molecule has 10 atom stereocenters. The fourth-order valence-corrected chi connectivity index (χ4v) is 10.1. The van der Waals surface area contributed by atoms with Crippen molar-refractivity contribution in [3.05, 3.63) is 0 Å². The molecule has 4 aliphatic rings. The summed E-state index contributed by atoms with van der Waals surface area (Å²) < 4.78 is 36.6. The maximum atomic E-state index is 11.3. The van der Waals surface area contributed by atoms with Gasteiger partial charge >= 0.3 is 40.0 Å². The van der Waals surface area contributed by atoms with Gasteiger partial charge in [0, 0.05) is 0 Å². The molecule has 0 saturated heterocycles. The van der Waals surface area contributed by atoms with E-state index in [1.165, 1.54) is 44.9 Å². The summed E-state index contributed by atoms with van der Waals surface area (Å²) in [6, 6.07) is 0. The van der Waals surface area contributed by atoms with Gasteiger partial charge in [0.2, 0.25) is 0 Å². The second-order valence-corrected chi connectivity index (χ2v) is 14.3. The number of hydrogen-bond donors (Lipinski definition) is 2. The molecule has 4 saturated carbocycles. The van der Waals surface area contributed by atoms with Crippen molar-refractivity contribution in [3.8, 4) is 0 Å². The van der Waals surface area contributed by atoms with Crippen LogP contribution in [0.25, 0.3) is 0 Å². The van der Waals surface area contributed by atoms with Crippen molar-refractivity contribution in [3.63, 3.8) is 0 Å². The Hall–Kier alpha value is 0.830. The van der Waals surface area contributed by atoms with Gasteiger partial charge in [-0.1, -0.05) is 53.9 Å². The predicted octanol–water partition coefficient (Wildman–Crippen LogP) is 3.27. The molecule has 4 fully saturated rings. The van der Waals surface area contributed by atoms with Crippen LogP contribution in [0.2, 0.25) is 0 Å². The largest absolute Gasteiger partial charge is 1.00 e. The van der Waals surface area contributed by atoms with E-state index in [0.717, 1.165) is 30.6 Å². The van der Waals surface area contributed by atoms with Crippen molar-refractivity contribution in [1.82, 2.24) is 0 Å². The van der Waals surface area contributed by atoms with E-state index in [1.54, 1.807) is 0 Å². The summed E-state index contributed by atoms with van der Waals surface area (Å²) >= 11 is 0. The first-order valence-electron chi connectivity index (χ1n) is 13.7. The standard InChI is InChI=1S/C27H48O5S.Na/c1-17(2)7-6-8-18(3)21-9-10-22-20-16-25(28)24-15-19(32-33(29,30)31)11-13-27(24,5)23(20)12-14-26(21,22)4;/h17-25,28H,6-16H2,1-5H3,(H,29,30,31);/q;+1/t18-,19+,20+,21?,22?,23?,24?,25?,26-,27-;/m1./s1. The topological polar surface area (TPSA) is 83.8 Å². The molecule has 0 heterocycles. The quantitative estimate of drug-likeness (QED) is 0.408. The molecule has 4 aliphatic carbocycles. The van der Waals surface area contributed by atoms with Crippen LogP contribution in [0.15, 0.2) is 0 Å². The Kier molecular flexibility index (Phi) is 9.42. The number of rotatable bonds is 7. The van der Waals surface area contributed by atoms with Crippen molar-refractivity contribution >= 4 is 10.4 Å². The third-order valence-electron chi connectivity index (χ3n) is 11.1. The van der Waals surface area contributed by atoms with E-state index in [9.17, 15) is 13.5 Å². The van der Waals surface area contributed by atoms with Gasteiger partial charge in [-0.2, -0.15) is 8.42 Å². The summed E-state index contributed by atoms with van der Waals surface area (Å²) in [6.45, 7) is 12.1. The maximum absolute atomic E-state index is 11.3. The van der Waals surface area contributed by atoms with Crippen molar-refractivity contribution in [2.24, 2.45) is 52.3 Å². The van der Waals surface area contributed by atoms with Crippen LogP contribution >= 0.6 is 0 Å². The summed E-state index contributed by atoms with van der Waals surface area (Å²) in [4.78, 5) is 0. The fourth-order valence-electron chi connectivity index (χ4n) is 9.55. The third-order valence-corrected chi connectivity index (χ3v) is 11.6. The molecule has 0 aromatic heterocycles. The molecule has 0 aromatic rings. The minimum Gasteiger partial charge on any atom is -0.393 e. The van der Waals surface area contributed by atoms with Crippen molar-refractivity contribution < 1.29 is 51.8 Å². The smallest absolute Gasteiger partial charge is 0.393 e. The van der Waals surface area contributed by atoms with Gasteiger partial charge in [-0.25, -0.2) is 4.18 Å². The van der Waals surface area contributed by atoms with Crippen LogP contribution in [-0.2, 0) is 14.6 Å². The zero-order chi connectivity index (χ0) is 24.2.